The molecule has 0 aliphatic rings. The Kier molecular flexibility index (Phi) is 7.13. The molecule has 8 heteroatoms. The lowest BCUT2D eigenvalue weighted by atomic mass is 10.3. The lowest BCUT2D eigenvalue weighted by Crippen LogP contribution is -2.33. The molecule has 0 unspecified atom stereocenters. The molecule has 0 spiro atoms. The quantitative estimate of drug-likeness (QED) is 0.632. The lowest BCUT2D eigenvalue weighted by Gasteiger charge is -2.09. The minimum Gasteiger partial charge on any atom is -0.491 e. The SMILES string of the molecule is COCCOc1ccc(S(=O)(=O)NCCNC(C)=O)cc1. The lowest BCUT2D eigenvalue weighted by molar-refractivity contribution is -0.118. The van der Waals surface area contributed by atoms with E-state index in [1.54, 1.807) is 19.2 Å². The predicted octanol–water partition coefficient (Wildman–Crippen LogP) is 0.126. The van der Waals surface area contributed by atoms with Gasteiger partial charge in [-0.1, -0.05) is 0 Å². The number of benzene rings is 1. The minimum atomic E-state index is -3.58. The summed E-state index contributed by atoms with van der Waals surface area (Å²) in [4.78, 5) is 10.8. The summed E-state index contributed by atoms with van der Waals surface area (Å²) in [5.41, 5.74) is 0. The predicted molar refractivity (Wildman–Crippen MR) is 77.7 cm³/mol. The van der Waals surface area contributed by atoms with Crippen LogP contribution in [0.2, 0.25) is 0 Å². The smallest absolute Gasteiger partial charge is 0.240 e. The highest BCUT2D eigenvalue weighted by molar-refractivity contribution is 7.89. The molecule has 0 bridgehead atoms. The molecule has 1 aromatic rings. The number of carbonyl (C=O) groups is 1. The summed E-state index contributed by atoms with van der Waals surface area (Å²) in [5, 5.41) is 2.51. The molecule has 1 aromatic carbocycles. The molecule has 118 valence electrons. The van der Waals surface area contributed by atoms with Gasteiger partial charge in [-0.05, 0) is 24.3 Å². The van der Waals surface area contributed by atoms with Gasteiger partial charge in [0.1, 0.15) is 12.4 Å². The second kappa shape index (κ2) is 8.60. The summed E-state index contributed by atoms with van der Waals surface area (Å²) < 4.78 is 36.5. The molecule has 0 heterocycles. The van der Waals surface area contributed by atoms with Crippen LogP contribution in [0.1, 0.15) is 6.92 Å². The van der Waals surface area contributed by atoms with Crippen LogP contribution in [0.3, 0.4) is 0 Å². The highest BCUT2D eigenvalue weighted by Gasteiger charge is 2.13. The summed E-state index contributed by atoms with van der Waals surface area (Å²) >= 11 is 0. The van der Waals surface area contributed by atoms with Gasteiger partial charge < -0.3 is 14.8 Å². The normalized spacial score (nSPS) is 11.1. The molecule has 0 atom stereocenters. The molecule has 2 N–H and O–H groups in total. The van der Waals surface area contributed by atoms with E-state index in [9.17, 15) is 13.2 Å². The molecule has 0 radical (unpaired) electrons. The van der Waals surface area contributed by atoms with Gasteiger partial charge in [-0.3, -0.25) is 4.79 Å². The largest absolute Gasteiger partial charge is 0.491 e. The molecule has 1 amide bonds. The van der Waals surface area contributed by atoms with E-state index in [1.165, 1.54) is 19.1 Å². The molecule has 0 aromatic heterocycles. The van der Waals surface area contributed by atoms with E-state index < -0.39 is 10.0 Å². The highest BCUT2D eigenvalue weighted by Crippen LogP contribution is 2.15. The Hall–Kier alpha value is -1.64. The first-order valence-electron chi connectivity index (χ1n) is 6.41. The van der Waals surface area contributed by atoms with Crippen LogP contribution in [-0.4, -0.2) is 47.7 Å². The van der Waals surface area contributed by atoms with E-state index in [0.29, 0.717) is 19.0 Å². The van der Waals surface area contributed by atoms with Gasteiger partial charge in [0.05, 0.1) is 11.5 Å². The van der Waals surface area contributed by atoms with Crippen LogP contribution in [0.15, 0.2) is 29.2 Å². The van der Waals surface area contributed by atoms with Gasteiger partial charge in [0, 0.05) is 27.1 Å². The van der Waals surface area contributed by atoms with Crippen molar-refractivity contribution in [2.75, 3.05) is 33.4 Å². The Morgan fingerprint density at radius 1 is 1.14 bits per heavy atom. The Morgan fingerprint density at radius 2 is 1.81 bits per heavy atom. The number of methoxy groups -OCH3 is 1. The van der Waals surface area contributed by atoms with Crippen LogP contribution in [0, 0.1) is 0 Å². The van der Waals surface area contributed by atoms with E-state index in [-0.39, 0.29) is 23.9 Å². The number of hydrogen-bond acceptors (Lipinski definition) is 5. The summed E-state index contributed by atoms with van der Waals surface area (Å²) in [5.74, 6) is 0.371. The van der Waals surface area contributed by atoms with E-state index in [2.05, 4.69) is 10.0 Å². The fraction of sp³-hybridized carbons (Fsp3) is 0.462. The fourth-order valence-corrected chi connectivity index (χ4v) is 2.50. The number of nitrogens with one attached hydrogen (secondary N) is 2. The molecular formula is C13H20N2O5S. The third kappa shape index (κ3) is 6.56. The topological polar surface area (TPSA) is 93.7 Å². The van der Waals surface area contributed by atoms with Gasteiger partial charge in [-0.2, -0.15) is 0 Å². The van der Waals surface area contributed by atoms with Crippen molar-refractivity contribution in [3.05, 3.63) is 24.3 Å². The monoisotopic (exact) mass is 316 g/mol. The fourth-order valence-electron chi connectivity index (χ4n) is 1.47. The van der Waals surface area contributed by atoms with Crippen LogP contribution in [-0.2, 0) is 19.6 Å². The van der Waals surface area contributed by atoms with Gasteiger partial charge in [-0.25, -0.2) is 13.1 Å². The van der Waals surface area contributed by atoms with Crippen molar-refractivity contribution >= 4 is 15.9 Å². The van der Waals surface area contributed by atoms with E-state index in [1.807, 2.05) is 0 Å². The standard InChI is InChI=1S/C13H20N2O5S/c1-11(16)14-7-8-15-21(17,18)13-5-3-12(4-6-13)20-10-9-19-2/h3-6,15H,7-10H2,1-2H3,(H,14,16). The summed E-state index contributed by atoms with van der Waals surface area (Å²) in [6, 6.07) is 6.09. The highest BCUT2D eigenvalue weighted by atomic mass is 32.2. The number of rotatable bonds is 9. The number of ether oxygens (including phenoxy) is 2. The Morgan fingerprint density at radius 3 is 2.38 bits per heavy atom. The molecule has 21 heavy (non-hydrogen) atoms. The Bertz CT molecular complexity index is 542. The maximum Gasteiger partial charge on any atom is 0.240 e. The van der Waals surface area contributed by atoms with Crippen molar-refractivity contribution in [3.8, 4) is 5.75 Å². The average Bonchev–Trinajstić information content (AvgIpc) is 2.44. The second-order valence-corrected chi connectivity index (χ2v) is 5.96. The zero-order chi connectivity index (χ0) is 15.7. The van der Waals surface area contributed by atoms with E-state index in [0.717, 1.165) is 0 Å². The Labute approximate surface area is 124 Å². The van der Waals surface area contributed by atoms with Crippen molar-refractivity contribution in [3.63, 3.8) is 0 Å². The van der Waals surface area contributed by atoms with Crippen molar-refractivity contribution in [1.82, 2.24) is 10.0 Å². The van der Waals surface area contributed by atoms with Crippen LogP contribution >= 0.6 is 0 Å². The van der Waals surface area contributed by atoms with Crippen molar-refractivity contribution in [2.45, 2.75) is 11.8 Å². The van der Waals surface area contributed by atoms with Gasteiger partial charge in [0.25, 0.3) is 0 Å². The first kappa shape index (κ1) is 17.4. The maximum atomic E-state index is 12.0. The van der Waals surface area contributed by atoms with Crippen molar-refractivity contribution in [2.24, 2.45) is 0 Å². The third-order valence-electron chi connectivity index (χ3n) is 2.48. The summed E-state index contributed by atoms with van der Waals surface area (Å²) in [7, 11) is -2.01. The third-order valence-corrected chi connectivity index (χ3v) is 3.96. The van der Waals surface area contributed by atoms with Crippen LogP contribution in [0.4, 0.5) is 0 Å². The summed E-state index contributed by atoms with van der Waals surface area (Å²) in [6.07, 6.45) is 0. The summed E-state index contributed by atoms with van der Waals surface area (Å²) in [6.45, 7) is 2.61. The van der Waals surface area contributed by atoms with Gasteiger partial charge >= 0.3 is 0 Å². The van der Waals surface area contributed by atoms with Crippen LogP contribution in [0.25, 0.3) is 0 Å². The zero-order valence-corrected chi connectivity index (χ0v) is 12.9. The molecule has 7 nitrogen and oxygen atoms in total. The Balaban J connectivity index is 2.52. The molecule has 0 aliphatic heterocycles. The van der Waals surface area contributed by atoms with Crippen molar-refractivity contribution < 1.29 is 22.7 Å². The molecule has 0 saturated heterocycles. The number of hydrogen-bond donors (Lipinski definition) is 2. The maximum absolute atomic E-state index is 12.0. The second-order valence-electron chi connectivity index (χ2n) is 4.19. The van der Waals surface area contributed by atoms with Crippen LogP contribution in [0.5, 0.6) is 5.75 Å². The first-order chi connectivity index (χ1) is 9.95. The number of amides is 1. The zero-order valence-electron chi connectivity index (χ0n) is 12.1. The van der Waals surface area contributed by atoms with Crippen LogP contribution < -0.4 is 14.8 Å². The number of sulfonamides is 1. The molecular weight excluding hydrogens is 296 g/mol. The molecule has 1 rings (SSSR count). The van der Waals surface area contributed by atoms with Crippen molar-refractivity contribution in [1.29, 1.82) is 0 Å². The first-order valence-corrected chi connectivity index (χ1v) is 7.90. The van der Waals surface area contributed by atoms with Gasteiger partial charge in [0.2, 0.25) is 15.9 Å². The van der Waals surface area contributed by atoms with E-state index in [4.69, 9.17) is 9.47 Å². The number of carbonyl (C=O) groups excluding carboxylic acids is 1. The molecule has 0 fully saturated rings. The molecule has 0 saturated carbocycles. The van der Waals surface area contributed by atoms with E-state index >= 15 is 0 Å². The van der Waals surface area contributed by atoms with Gasteiger partial charge in [0.15, 0.2) is 0 Å². The molecule has 0 aliphatic carbocycles. The average molecular weight is 316 g/mol. The van der Waals surface area contributed by atoms with Gasteiger partial charge in [-0.15, -0.1) is 0 Å². The minimum absolute atomic E-state index is 0.133.